The monoisotopic (exact) mass is 311 g/mol. The summed E-state index contributed by atoms with van der Waals surface area (Å²) in [5.41, 5.74) is 1.21. The van der Waals surface area contributed by atoms with E-state index < -0.39 is 11.0 Å². The Morgan fingerprint density at radius 1 is 1.52 bits per heavy atom. The van der Waals surface area contributed by atoms with Crippen molar-refractivity contribution in [1.29, 1.82) is 0 Å². The number of nitrogens with zero attached hydrogens (tertiary/aromatic N) is 2. The zero-order chi connectivity index (χ0) is 15.6. The molecule has 1 aromatic rings. The van der Waals surface area contributed by atoms with Crippen LogP contribution in [0.3, 0.4) is 0 Å². The van der Waals surface area contributed by atoms with Gasteiger partial charge in [-0.1, -0.05) is 17.7 Å². The van der Waals surface area contributed by atoms with E-state index in [0.29, 0.717) is 12.0 Å². The summed E-state index contributed by atoms with van der Waals surface area (Å²) in [7, 11) is 1.97. The number of carboxylic acid groups (broad SMARTS) is 1. The number of anilines is 1. The SMILES string of the molecule is CN1CC=C(c2cc(NC(=O)O)cc([N+](=O)[O-])c2Cl)CC1. The van der Waals surface area contributed by atoms with Crippen molar-refractivity contribution in [3.05, 3.63) is 38.9 Å². The number of likely N-dealkylation sites (N-methyl/N-ethyl adjacent to an activating group) is 1. The molecule has 1 heterocycles. The number of rotatable bonds is 3. The Morgan fingerprint density at radius 2 is 2.24 bits per heavy atom. The minimum absolute atomic E-state index is 0.0340. The van der Waals surface area contributed by atoms with E-state index >= 15 is 0 Å². The summed E-state index contributed by atoms with van der Waals surface area (Å²) in [6.45, 7) is 1.53. The first-order chi connectivity index (χ1) is 9.88. The van der Waals surface area contributed by atoms with Crippen molar-refractivity contribution in [3.63, 3.8) is 0 Å². The number of carbonyl (C=O) groups is 1. The van der Waals surface area contributed by atoms with Crippen LogP contribution in [-0.4, -0.2) is 41.2 Å². The summed E-state index contributed by atoms with van der Waals surface area (Å²) in [5, 5.41) is 22.0. The van der Waals surface area contributed by atoms with Gasteiger partial charge in [-0.2, -0.15) is 0 Å². The molecule has 1 aliphatic rings. The van der Waals surface area contributed by atoms with E-state index in [9.17, 15) is 14.9 Å². The van der Waals surface area contributed by atoms with Gasteiger partial charge in [0.05, 0.1) is 10.6 Å². The molecule has 0 spiro atoms. The maximum atomic E-state index is 11.1. The molecular formula is C13H14ClN3O4. The van der Waals surface area contributed by atoms with E-state index in [1.807, 2.05) is 13.1 Å². The van der Waals surface area contributed by atoms with Crippen LogP contribution in [0, 0.1) is 10.1 Å². The second-order valence-electron chi connectivity index (χ2n) is 4.79. The largest absolute Gasteiger partial charge is 0.465 e. The normalized spacial score (nSPS) is 15.4. The van der Waals surface area contributed by atoms with Crippen LogP contribution in [0.1, 0.15) is 12.0 Å². The Kier molecular flexibility index (Phi) is 4.44. The van der Waals surface area contributed by atoms with E-state index in [-0.39, 0.29) is 16.4 Å². The molecule has 2 N–H and O–H groups in total. The molecule has 0 fully saturated rings. The average molecular weight is 312 g/mol. The van der Waals surface area contributed by atoms with Gasteiger partial charge in [0.15, 0.2) is 0 Å². The first kappa shape index (κ1) is 15.3. The number of benzene rings is 1. The number of nitro benzene ring substituents is 1. The van der Waals surface area contributed by atoms with Crippen molar-refractivity contribution in [2.75, 3.05) is 25.5 Å². The molecule has 8 heteroatoms. The highest BCUT2D eigenvalue weighted by Crippen LogP contribution is 2.37. The zero-order valence-corrected chi connectivity index (χ0v) is 12.1. The van der Waals surface area contributed by atoms with Crippen LogP contribution in [0.25, 0.3) is 5.57 Å². The minimum Gasteiger partial charge on any atom is -0.465 e. The topological polar surface area (TPSA) is 95.7 Å². The summed E-state index contributed by atoms with van der Waals surface area (Å²) in [6.07, 6.45) is 1.36. The number of nitro groups is 1. The molecule has 0 atom stereocenters. The van der Waals surface area contributed by atoms with E-state index in [2.05, 4.69) is 10.2 Å². The Balaban J connectivity index is 2.50. The number of hydrogen-bond donors (Lipinski definition) is 2. The first-order valence-corrected chi connectivity index (χ1v) is 6.62. The van der Waals surface area contributed by atoms with Crippen molar-refractivity contribution in [3.8, 4) is 0 Å². The maximum absolute atomic E-state index is 11.1. The fourth-order valence-electron chi connectivity index (χ4n) is 2.19. The molecule has 2 rings (SSSR count). The molecule has 21 heavy (non-hydrogen) atoms. The van der Waals surface area contributed by atoms with Crippen molar-refractivity contribution < 1.29 is 14.8 Å². The van der Waals surface area contributed by atoms with Crippen molar-refractivity contribution in [2.24, 2.45) is 0 Å². The second kappa shape index (κ2) is 6.11. The van der Waals surface area contributed by atoms with Crippen LogP contribution in [0.15, 0.2) is 18.2 Å². The lowest BCUT2D eigenvalue weighted by Crippen LogP contribution is -2.23. The molecular weight excluding hydrogens is 298 g/mol. The molecule has 0 aromatic heterocycles. The molecule has 1 aliphatic heterocycles. The zero-order valence-electron chi connectivity index (χ0n) is 11.3. The van der Waals surface area contributed by atoms with Crippen molar-refractivity contribution in [2.45, 2.75) is 6.42 Å². The highest BCUT2D eigenvalue weighted by Gasteiger charge is 2.22. The summed E-state index contributed by atoms with van der Waals surface area (Å²) in [5.74, 6) is 0. The third kappa shape index (κ3) is 3.50. The van der Waals surface area contributed by atoms with Gasteiger partial charge in [-0.15, -0.1) is 0 Å². The van der Waals surface area contributed by atoms with Crippen LogP contribution in [0.2, 0.25) is 5.02 Å². The highest BCUT2D eigenvalue weighted by molar-refractivity contribution is 6.34. The molecule has 1 aromatic carbocycles. The van der Waals surface area contributed by atoms with Crippen LogP contribution in [-0.2, 0) is 0 Å². The average Bonchev–Trinajstić information content (AvgIpc) is 2.40. The standard InChI is InChI=1S/C13H14ClN3O4/c1-16-4-2-8(3-5-16)10-6-9(15-13(18)19)7-11(12(10)14)17(20)21/h2,6-7,15H,3-5H2,1H3,(H,18,19). The van der Waals surface area contributed by atoms with Crippen molar-refractivity contribution in [1.82, 2.24) is 4.90 Å². The third-order valence-corrected chi connectivity index (χ3v) is 3.66. The van der Waals surface area contributed by atoms with E-state index in [1.54, 1.807) is 0 Å². The van der Waals surface area contributed by atoms with Gasteiger partial charge in [0.25, 0.3) is 5.69 Å². The Labute approximate surface area is 126 Å². The highest BCUT2D eigenvalue weighted by atomic mass is 35.5. The summed E-state index contributed by atoms with van der Waals surface area (Å²) in [4.78, 5) is 23.3. The molecule has 0 bridgehead atoms. The molecule has 1 amide bonds. The fraction of sp³-hybridized carbons (Fsp3) is 0.308. The molecule has 0 radical (unpaired) electrons. The minimum atomic E-state index is -1.28. The van der Waals surface area contributed by atoms with E-state index in [4.69, 9.17) is 16.7 Å². The van der Waals surface area contributed by atoms with Gasteiger partial charge in [0.2, 0.25) is 0 Å². The van der Waals surface area contributed by atoms with Gasteiger partial charge < -0.3 is 10.0 Å². The van der Waals surface area contributed by atoms with Gasteiger partial charge in [-0.05, 0) is 25.1 Å². The van der Waals surface area contributed by atoms with Gasteiger partial charge in [-0.3, -0.25) is 15.4 Å². The van der Waals surface area contributed by atoms with E-state index in [0.717, 1.165) is 24.7 Å². The third-order valence-electron chi connectivity index (χ3n) is 3.26. The number of hydrogen-bond acceptors (Lipinski definition) is 4. The predicted octanol–water partition coefficient (Wildman–Crippen LogP) is 3.06. The number of halogens is 1. The quantitative estimate of drug-likeness (QED) is 0.660. The van der Waals surface area contributed by atoms with Crippen LogP contribution in [0.5, 0.6) is 0 Å². The molecule has 0 unspecified atom stereocenters. The predicted molar refractivity (Wildman–Crippen MR) is 79.8 cm³/mol. The first-order valence-electron chi connectivity index (χ1n) is 6.24. The summed E-state index contributed by atoms with van der Waals surface area (Å²) in [6, 6.07) is 2.65. The van der Waals surface area contributed by atoms with Crippen LogP contribution in [0.4, 0.5) is 16.2 Å². The number of nitrogens with one attached hydrogen (secondary N) is 1. The van der Waals surface area contributed by atoms with Crippen LogP contribution >= 0.6 is 11.6 Å². The van der Waals surface area contributed by atoms with Gasteiger partial charge in [0, 0.05) is 24.7 Å². The Hall–Kier alpha value is -2.12. The number of amides is 1. The lowest BCUT2D eigenvalue weighted by Gasteiger charge is -2.22. The van der Waals surface area contributed by atoms with Gasteiger partial charge >= 0.3 is 6.09 Å². The molecule has 112 valence electrons. The van der Waals surface area contributed by atoms with E-state index in [1.165, 1.54) is 6.07 Å². The Bertz CT molecular complexity index is 630. The lowest BCUT2D eigenvalue weighted by molar-refractivity contribution is -0.384. The summed E-state index contributed by atoms with van der Waals surface area (Å²) < 4.78 is 0. The van der Waals surface area contributed by atoms with Gasteiger partial charge in [0.1, 0.15) is 5.02 Å². The molecule has 0 aliphatic carbocycles. The van der Waals surface area contributed by atoms with Gasteiger partial charge in [-0.25, -0.2) is 4.79 Å². The summed E-state index contributed by atoms with van der Waals surface area (Å²) >= 11 is 6.11. The second-order valence-corrected chi connectivity index (χ2v) is 5.16. The van der Waals surface area contributed by atoms with Crippen LogP contribution < -0.4 is 5.32 Å². The van der Waals surface area contributed by atoms with Crippen molar-refractivity contribution >= 4 is 34.6 Å². The molecule has 7 nitrogen and oxygen atoms in total. The molecule has 0 saturated heterocycles. The Morgan fingerprint density at radius 3 is 2.76 bits per heavy atom. The maximum Gasteiger partial charge on any atom is 0.409 e. The smallest absolute Gasteiger partial charge is 0.409 e. The molecule has 0 saturated carbocycles. The fourth-order valence-corrected chi connectivity index (χ4v) is 2.49. The lowest BCUT2D eigenvalue weighted by atomic mass is 9.98.